The second kappa shape index (κ2) is 9.77. The molecule has 1 heterocycles. The summed E-state index contributed by atoms with van der Waals surface area (Å²) in [5.74, 6) is 0.361. The number of anilines is 1. The predicted molar refractivity (Wildman–Crippen MR) is 119 cm³/mol. The van der Waals surface area contributed by atoms with E-state index in [1.807, 2.05) is 38.1 Å². The zero-order chi connectivity index (χ0) is 21.7. The smallest absolute Gasteiger partial charge is 0.253 e. The van der Waals surface area contributed by atoms with E-state index in [1.165, 1.54) is 11.8 Å². The predicted octanol–water partition coefficient (Wildman–Crippen LogP) is 4.00. The number of aryl methyl sites for hydroxylation is 1. The van der Waals surface area contributed by atoms with Gasteiger partial charge in [0.1, 0.15) is 0 Å². The Morgan fingerprint density at radius 1 is 1.13 bits per heavy atom. The fourth-order valence-corrected chi connectivity index (χ4v) is 3.78. The highest BCUT2D eigenvalue weighted by Gasteiger charge is 2.20. The molecule has 0 fully saturated rings. The van der Waals surface area contributed by atoms with Gasteiger partial charge in [0.25, 0.3) is 5.91 Å². The number of carbonyl (C=O) groups is 2. The molecule has 1 atom stereocenters. The van der Waals surface area contributed by atoms with E-state index in [2.05, 4.69) is 20.8 Å². The first-order valence-corrected chi connectivity index (χ1v) is 10.7. The van der Waals surface area contributed by atoms with Gasteiger partial charge in [-0.2, -0.15) is 0 Å². The van der Waals surface area contributed by atoms with Crippen LogP contribution in [0, 0.1) is 6.92 Å². The van der Waals surface area contributed by atoms with E-state index >= 15 is 0 Å². The molecular formula is C21H22ClN5O2S. The number of hydrogen-bond donors (Lipinski definition) is 2. The van der Waals surface area contributed by atoms with Crippen LogP contribution in [0.25, 0.3) is 0 Å². The molecule has 0 saturated carbocycles. The molecule has 2 amide bonds. The van der Waals surface area contributed by atoms with Crippen molar-refractivity contribution in [3.63, 3.8) is 0 Å². The molecule has 2 N–H and O–H groups in total. The normalized spacial score (nSPS) is 11.7. The number of carbonyl (C=O) groups excluding carboxylic acids is 2. The van der Waals surface area contributed by atoms with Crippen molar-refractivity contribution in [2.75, 3.05) is 11.1 Å². The largest absolute Gasteiger partial charge is 0.342 e. The highest BCUT2D eigenvalue weighted by atomic mass is 35.5. The number of aromatic nitrogens is 3. The Hall–Kier alpha value is -2.84. The highest BCUT2D eigenvalue weighted by Crippen LogP contribution is 2.21. The van der Waals surface area contributed by atoms with E-state index in [1.54, 1.807) is 35.9 Å². The van der Waals surface area contributed by atoms with Crippen LogP contribution < -0.4 is 10.6 Å². The van der Waals surface area contributed by atoms with Crippen LogP contribution in [0.4, 0.5) is 5.69 Å². The molecule has 30 heavy (non-hydrogen) atoms. The van der Waals surface area contributed by atoms with Gasteiger partial charge in [-0.1, -0.05) is 53.7 Å². The molecule has 1 aromatic heterocycles. The lowest BCUT2D eigenvalue weighted by molar-refractivity contribution is -0.113. The number of rotatable bonds is 7. The Bertz CT molecular complexity index is 1070. The third-order valence-corrected chi connectivity index (χ3v) is 5.82. The van der Waals surface area contributed by atoms with Crippen molar-refractivity contribution in [2.45, 2.75) is 25.0 Å². The molecule has 0 aliphatic carbocycles. The van der Waals surface area contributed by atoms with Crippen LogP contribution in [0.1, 0.15) is 34.7 Å². The molecule has 156 valence electrons. The summed E-state index contributed by atoms with van der Waals surface area (Å²) in [4.78, 5) is 24.7. The third-order valence-electron chi connectivity index (χ3n) is 4.47. The lowest BCUT2D eigenvalue weighted by atomic mass is 10.2. The third kappa shape index (κ3) is 5.20. The molecule has 0 saturated heterocycles. The quantitative estimate of drug-likeness (QED) is 0.539. The van der Waals surface area contributed by atoms with Gasteiger partial charge in [-0.15, -0.1) is 10.2 Å². The highest BCUT2D eigenvalue weighted by molar-refractivity contribution is 7.99. The van der Waals surface area contributed by atoms with Crippen LogP contribution in [0.5, 0.6) is 0 Å². The van der Waals surface area contributed by atoms with Crippen LogP contribution in [0.2, 0.25) is 5.02 Å². The molecule has 3 rings (SSSR count). The van der Waals surface area contributed by atoms with Gasteiger partial charge in [0.05, 0.1) is 22.4 Å². The Kier molecular flexibility index (Phi) is 7.12. The number of nitrogens with one attached hydrogen (secondary N) is 2. The summed E-state index contributed by atoms with van der Waals surface area (Å²) < 4.78 is 1.77. The molecule has 3 aromatic rings. The summed E-state index contributed by atoms with van der Waals surface area (Å²) in [5.41, 5.74) is 2.19. The van der Waals surface area contributed by atoms with Gasteiger partial charge in [-0.25, -0.2) is 0 Å². The number of amides is 2. The van der Waals surface area contributed by atoms with Gasteiger partial charge in [0.15, 0.2) is 11.0 Å². The average molecular weight is 444 g/mol. The van der Waals surface area contributed by atoms with E-state index in [0.29, 0.717) is 21.6 Å². The van der Waals surface area contributed by atoms with Crippen molar-refractivity contribution in [3.8, 4) is 0 Å². The van der Waals surface area contributed by atoms with Gasteiger partial charge in [-0.05, 0) is 37.6 Å². The number of benzene rings is 2. The van der Waals surface area contributed by atoms with E-state index in [0.717, 1.165) is 11.3 Å². The molecule has 0 unspecified atom stereocenters. The van der Waals surface area contributed by atoms with Crippen LogP contribution in [0.3, 0.4) is 0 Å². The first-order chi connectivity index (χ1) is 14.4. The van der Waals surface area contributed by atoms with Gasteiger partial charge >= 0.3 is 0 Å². The van der Waals surface area contributed by atoms with Crippen molar-refractivity contribution in [1.29, 1.82) is 0 Å². The SMILES string of the molecule is Cc1ccccc1NC(=O)CSc1nnc([C@@H](C)NC(=O)c2ccccc2Cl)n1C. The van der Waals surface area contributed by atoms with Crippen molar-refractivity contribution < 1.29 is 9.59 Å². The van der Waals surface area contributed by atoms with E-state index in [4.69, 9.17) is 11.6 Å². The summed E-state index contributed by atoms with van der Waals surface area (Å²) in [6, 6.07) is 14.1. The summed E-state index contributed by atoms with van der Waals surface area (Å²) in [6.07, 6.45) is 0. The molecule has 0 bridgehead atoms. The van der Waals surface area contributed by atoms with Crippen LogP contribution in [0.15, 0.2) is 53.7 Å². The zero-order valence-corrected chi connectivity index (χ0v) is 18.4. The molecule has 9 heteroatoms. The Balaban J connectivity index is 1.60. The minimum Gasteiger partial charge on any atom is -0.342 e. The summed E-state index contributed by atoms with van der Waals surface area (Å²) in [6.45, 7) is 3.76. The Labute approximate surface area is 184 Å². The first-order valence-electron chi connectivity index (χ1n) is 9.29. The Morgan fingerprint density at radius 3 is 2.57 bits per heavy atom. The fourth-order valence-electron chi connectivity index (χ4n) is 2.84. The second-order valence-electron chi connectivity index (χ2n) is 6.73. The van der Waals surface area contributed by atoms with Crippen molar-refractivity contribution >= 4 is 40.9 Å². The average Bonchev–Trinajstić information content (AvgIpc) is 3.09. The molecule has 2 aromatic carbocycles. The molecule has 0 aliphatic heterocycles. The Morgan fingerprint density at radius 2 is 1.83 bits per heavy atom. The van der Waals surface area contributed by atoms with Crippen molar-refractivity contribution in [1.82, 2.24) is 20.1 Å². The summed E-state index contributed by atoms with van der Waals surface area (Å²) in [7, 11) is 1.80. The molecular weight excluding hydrogens is 422 g/mol. The van der Waals surface area contributed by atoms with Crippen molar-refractivity contribution in [2.24, 2.45) is 7.05 Å². The molecule has 0 spiro atoms. The van der Waals surface area contributed by atoms with Gasteiger partial charge in [0.2, 0.25) is 5.91 Å². The monoisotopic (exact) mass is 443 g/mol. The second-order valence-corrected chi connectivity index (χ2v) is 8.08. The number of halogens is 1. The minimum absolute atomic E-state index is 0.126. The van der Waals surface area contributed by atoms with E-state index in [9.17, 15) is 9.59 Å². The topological polar surface area (TPSA) is 88.9 Å². The maximum Gasteiger partial charge on any atom is 0.253 e. The molecule has 0 aliphatic rings. The van der Waals surface area contributed by atoms with Gasteiger partial charge in [-0.3, -0.25) is 9.59 Å². The fraction of sp³-hybridized carbons (Fsp3) is 0.238. The van der Waals surface area contributed by atoms with Crippen LogP contribution >= 0.6 is 23.4 Å². The van der Waals surface area contributed by atoms with Crippen LogP contribution in [-0.2, 0) is 11.8 Å². The maximum atomic E-state index is 12.5. The summed E-state index contributed by atoms with van der Waals surface area (Å²) >= 11 is 7.37. The van der Waals surface area contributed by atoms with E-state index < -0.39 is 0 Å². The lowest BCUT2D eigenvalue weighted by Gasteiger charge is -2.14. The molecule has 7 nitrogen and oxygen atoms in total. The zero-order valence-electron chi connectivity index (χ0n) is 16.8. The van der Waals surface area contributed by atoms with Gasteiger partial charge in [0, 0.05) is 12.7 Å². The van der Waals surface area contributed by atoms with E-state index in [-0.39, 0.29) is 23.6 Å². The number of nitrogens with zero attached hydrogens (tertiary/aromatic N) is 3. The number of thioether (sulfide) groups is 1. The lowest BCUT2D eigenvalue weighted by Crippen LogP contribution is -2.28. The van der Waals surface area contributed by atoms with Crippen molar-refractivity contribution in [3.05, 3.63) is 70.5 Å². The molecule has 0 radical (unpaired) electrons. The van der Waals surface area contributed by atoms with Gasteiger partial charge < -0.3 is 15.2 Å². The number of para-hydroxylation sites is 1. The minimum atomic E-state index is -0.388. The first kappa shape index (κ1) is 21.9. The standard InChI is InChI=1S/C21H22ClN5O2S/c1-13-8-4-7-11-17(13)24-18(28)12-30-21-26-25-19(27(21)3)14(2)23-20(29)15-9-5-6-10-16(15)22/h4-11,14H,12H2,1-3H3,(H,23,29)(H,24,28)/t14-/m1/s1. The van der Waals surface area contributed by atoms with Crippen LogP contribution in [-0.4, -0.2) is 32.3 Å². The maximum absolute atomic E-state index is 12.5. The number of hydrogen-bond acceptors (Lipinski definition) is 5. The summed E-state index contributed by atoms with van der Waals surface area (Å²) in [5, 5.41) is 15.1.